The molecule has 0 saturated carbocycles. The van der Waals surface area contributed by atoms with E-state index in [9.17, 15) is 0 Å². The van der Waals surface area contributed by atoms with Gasteiger partial charge in [-0.3, -0.25) is 0 Å². The van der Waals surface area contributed by atoms with Gasteiger partial charge in [0, 0.05) is 0 Å². The molecule has 0 radical (unpaired) electrons. The molecule has 0 aliphatic heterocycles. The second-order valence-corrected chi connectivity index (χ2v) is 19.5. The fraction of sp³-hybridized carbons (Fsp3) is 0.529. The summed E-state index contributed by atoms with van der Waals surface area (Å²) in [5, 5.41) is 0. The van der Waals surface area contributed by atoms with E-state index in [-0.39, 0.29) is 21.7 Å². The summed E-state index contributed by atoms with van der Waals surface area (Å²) in [5.74, 6) is 3.71. The van der Waals surface area contributed by atoms with Crippen LogP contribution in [0, 0.1) is 0 Å². The van der Waals surface area contributed by atoms with E-state index in [2.05, 4.69) is 168 Å². The second-order valence-electron chi connectivity index (χ2n) is 19.5. The van der Waals surface area contributed by atoms with Crippen molar-refractivity contribution in [2.75, 3.05) is 13.2 Å². The van der Waals surface area contributed by atoms with Crippen LogP contribution in [0.5, 0.6) is 23.0 Å². The minimum atomic E-state index is 0.0684. The van der Waals surface area contributed by atoms with Crippen LogP contribution in [-0.4, -0.2) is 13.2 Å². The fourth-order valence-corrected chi connectivity index (χ4v) is 6.26. The molecule has 0 unspecified atom stereocenters. The number of hydrogen-bond acceptors (Lipinski definition) is 4. The highest BCUT2D eigenvalue weighted by Crippen LogP contribution is 2.35. The van der Waals surface area contributed by atoms with Gasteiger partial charge >= 0.3 is 0 Å². The minimum absolute atomic E-state index is 0.0684. The smallest absolute Gasteiger partial charge is 0.120 e. The van der Waals surface area contributed by atoms with Gasteiger partial charge in [-0.05, 0) is 116 Å². The van der Waals surface area contributed by atoms with Gasteiger partial charge in [0.25, 0.3) is 0 Å². The summed E-state index contributed by atoms with van der Waals surface area (Å²) in [6.07, 6.45) is 8.30. The maximum absolute atomic E-state index is 6.28. The van der Waals surface area contributed by atoms with Crippen LogP contribution in [0.15, 0.2) is 84.9 Å². The zero-order chi connectivity index (χ0) is 40.3. The van der Waals surface area contributed by atoms with Crippen molar-refractivity contribution in [3.8, 4) is 23.0 Å². The summed E-state index contributed by atoms with van der Waals surface area (Å²) < 4.78 is 24.6. The first-order valence-electron chi connectivity index (χ1n) is 20.8. The van der Waals surface area contributed by atoms with Crippen LogP contribution in [0.3, 0.4) is 0 Å². The first kappa shape index (κ1) is 43.8. The van der Waals surface area contributed by atoms with E-state index in [0.717, 1.165) is 60.2 Å². The Hall–Kier alpha value is -3.92. The zero-order valence-electron chi connectivity index (χ0n) is 36.5. The van der Waals surface area contributed by atoms with E-state index in [0.29, 0.717) is 13.2 Å². The van der Waals surface area contributed by atoms with Gasteiger partial charge in [-0.25, -0.2) is 0 Å². The van der Waals surface area contributed by atoms with E-state index in [4.69, 9.17) is 18.9 Å². The van der Waals surface area contributed by atoms with E-state index in [1.54, 1.807) is 0 Å². The van der Waals surface area contributed by atoms with Crippen molar-refractivity contribution >= 4 is 0 Å². The lowest BCUT2D eigenvalue weighted by molar-refractivity contribution is 0.296. The Morgan fingerprint density at radius 2 is 0.582 bits per heavy atom. The molecule has 4 aromatic rings. The highest BCUT2D eigenvalue weighted by Gasteiger charge is 2.22. The highest BCUT2D eigenvalue weighted by molar-refractivity contribution is 5.42. The molecule has 0 heterocycles. The molecular formula is C51H72O4. The van der Waals surface area contributed by atoms with Crippen molar-refractivity contribution in [2.45, 2.75) is 163 Å². The lowest BCUT2D eigenvalue weighted by Crippen LogP contribution is -2.16. The first-order valence-corrected chi connectivity index (χ1v) is 20.8. The van der Waals surface area contributed by atoms with Gasteiger partial charge in [-0.2, -0.15) is 0 Å². The molecule has 0 N–H and O–H groups in total. The quantitative estimate of drug-likeness (QED) is 0.0950. The molecule has 0 atom stereocenters. The van der Waals surface area contributed by atoms with Crippen molar-refractivity contribution in [1.82, 2.24) is 0 Å². The molecule has 4 nitrogen and oxygen atoms in total. The summed E-state index contributed by atoms with van der Waals surface area (Å²) in [7, 11) is 0. The number of unbranched alkanes of at least 4 members (excludes halogenated alkanes) is 6. The van der Waals surface area contributed by atoms with Gasteiger partial charge in [0.05, 0.1) is 13.2 Å². The topological polar surface area (TPSA) is 36.9 Å². The molecule has 0 amide bonds. The summed E-state index contributed by atoms with van der Waals surface area (Å²) >= 11 is 0. The molecule has 300 valence electrons. The molecule has 0 aromatic heterocycles. The van der Waals surface area contributed by atoms with Crippen LogP contribution in [0.1, 0.15) is 161 Å². The van der Waals surface area contributed by atoms with E-state index in [1.165, 1.54) is 54.4 Å². The fourth-order valence-electron chi connectivity index (χ4n) is 6.26. The second kappa shape index (κ2) is 19.3. The largest absolute Gasteiger partial charge is 0.494 e. The average Bonchev–Trinajstić information content (AvgIpc) is 3.11. The Balaban J connectivity index is 1.05. The third-order valence-electron chi connectivity index (χ3n) is 10.3. The van der Waals surface area contributed by atoms with Crippen molar-refractivity contribution in [2.24, 2.45) is 0 Å². The van der Waals surface area contributed by atoms with Crippen LogP contribution >= 0.6 is 0 Å². The Bertz CT molecular complexity index is 1540. The third kappa shape index (κ3) is 14.9. The van der Waals surface area contributed by atoms with Crippen LogP contribution in [-0.2, 0) is 34.9 Å². The van der Waals surface area contributed by atoms with Crippen molar-refractivity contribution in [3.63, 3.8) is 0 Å². The molecule has 4 rings (SSSR count). The summed E-state index contributed by atoms with van der Waals surface area (Å²) in [5.41, 5.74) is 7.77. The van der Waals surface area contributed by atoms with Gasteiger partial charge in [0.2, 0.25) is 0 Å². The predicted molar refractivity (Wildman–Crippen MR) is 233 cm³/mol. The lowest BCUT2D eigenvalue weighted by atomic mass is 9.80. The first-order chi connectivity index (χ1) is 25.8. The molecule has 0 aliphatic rings. The van der Waals surface area contributed by atoms with Crippen molar-refractivity contribution in [3.05, 3.63) is 118 Å². The molecule has 4 aromatic carbocycles. The predicted octanol–water partition coefficient (Wildman–Crippen LogP) is 14.2. The van der Waals surface area contributed by atoms with Gasteiger partial charge in [0.15, 0.2) is 0 Å². The lowest BCUT2D eigenvalue weighted by Gasteiger charge is -2.26. The molecule has 0 aliphatic carbocycles. The van der Waals surface area contributed by atoms with Crippen LogP contribution < -0.4 is 18.9 Å². The van der Waals surface area contributed by atoms with E-state index >= 15 is 0 Å². The Labute approximate surface area is 335 Å². The van der Waals surface area contributed by atoms with Crippen LogP contribution in [0.4, 0.5) is 0 Å². The molecule has 0 fully saturated rings. The molecule has 0 bridgehead atoms. The maximum Gasteiger partial charge on any atom is 0.120 e. The minimum Gasteiger partial charge on any atom is -0.494 e. The summed E-state index contributed by atoms with van der Waals surface area (Å²) in [6.45, 7) is 29.6. The van der Waals surface area contributed by atoms with Crippen molar-refractivity contribution in [1.29, 1.82) is 0 Å². The van der Waals surface area contributed by atoms with Crippen LogP contribution in [0.25, 0.3) is 0 Å². The molecule has 0 spiro atoms. The Morgan fingerprint density at radius 3 is 0.855 bits per heavy atom. The number of hydrogen-bond donors (Lipinski definition) is 0. The van der Waals surface area contributed by atoms with Gasteiger partial charge in [-0.15, -0.1) is 0 Å². The number of ether oxygens (including phenoxy) is 4. The average molecular weight is 749 g/mol. The monoisotopic (exact) mass is 749 g/mol. The van der Waals surface area contributed by atoms with E-state index < -0.39 is 0 Å². The summed E-state index contributed by atoms with van der Waals surface area (Å²) in [4.78, 5) is 0. The van der Waals surface area contributed by atoms with Crippen LogP contribution in [0.2, 0.25) is 0 Å². The summed E-state index contributed by atoms with van der Waals surface area (Å²) in [6, 6.07) is 30.1. The van der Waals surface area contributed by atoms with Crippen molar-refractivity contribution < 1.29 is 18.9 Å². The number of rotatable bonds is 18. The normalized spacial score (nSPS) is 12.4. The highest BCUT2D eigenvalue weighted by atomic mass is 16.5. The molecule has 55 heavy (non-hydrogen) atoms. The maximum atomic E-state index is 6.28. The number of benzene rings is 4. The van der Waals surface area contributed by atoms with E-state index in [1.807, 2.05) is 0 Å². The third-order valence-corrected chi connectivity index (χ3v) is 10.3. The Morgan fingerprint density at radius 1 is 0.309 bits per heavy atom. The van der Waals surface area contributed by atoms with Gasteiger partial charge in [-0.1, -0.05) is 152 Å². The molecular weight excluding hydrogens is 677 g/mol. The Kier molecular flexibility index (Phi) is 15.4. The molecule has 4 heteroatoms. The standard InChI is InChI=1S/C51H72O4/c1-48(2,3)40-30-41(49(4,5)6)33-46(32-40)54-36-38-20-24-44(25-21-38)52-28-18-16-14-13-15-17-19-29-53-45-26-22-39(23-27-45)37-55-47-34-42(50(7,8)9)31-43(35-47)51(10,11)12/h20-27,30-35H,13-19,28-29,36-37H2,1-12H3. The van der Waals surface area contributed by atoms with Gasteiger partial charge in [0.1, 0.15) is 36.2 Å². The SMILES string of the molecule is CC(C)(C)c1cc(OCc2ccc(OCCCCCCCCCOc3ccc(COc4cc(C(C)(C)C)cc(C(C)(C)C)c4)cc3)cc2)cc(C(C)(C)C)c1. The zero-order valence-corrected chi connectivity index (χ0v) is 36.5. The van der Waals surface area contributed by atoms with Gasteiger partial charge < -0.3 is 18.9 Å². The molecule has 0 saturated heterocycles.